The Balaban J connectivity index is 2.09. The molecule has 0 aliphatic carbocycles. The lowest BCUT2D eigenvalue weighted by Gasteiger charge is -2.20. The third-order valence-electron chi connectivity index (χ3n) is 6.17. The van der Waals surface area contributed by atoms with Gasteiger partial charge in [0.15, 0.2) is 0 Å². The summed E-state index contributed by atoms with van der Waals surface area (Å²) in [6.45, 7) is 15.0. The van der Waals surface area contributed by atoms with Crippen molar-refractivity contribution in [3.63, 3.8) is 0 Å². The molecule has 3 heteroatoms. The monoisotopic (exact) mass is 386 g/mol. The molecular formula is C26H30N2O. The summed E-state index contributed by atoms with van der Waals surface area (Å²) in [6, 6.07) is 10.8. The van der Waals surface area contributed by atoms with Gasteiger partial charge in [-0.1, -0.05) is 50.6 Å². The summed E-state index contributed by atoms with van der Waals surface area (Å²) < 4.78 is 2.02. The number of hydrogen-bond acceptors (Lipinski definition) is 1. The van der Waals surface area contributed by atoms with Crippen LogP contribution >= 0.6 is 0 Å². The molecule has 2 aliphatic rings. The Morgan fingerprint density at radius 1 is 1.03 bits per heavy atom. The second-order valence-electron chi connectivity index (χ2n) is 8.39. The summed E-state index contributed by atoms with van der Waals surface area (Å²) in [5, 5.41) is 1.63. The zero-order chi connectivity index (χ0) is 20.9. The van der Waals surface area contributed by atoms with Gasteiger partial charge in [-0.25, -0.2) is 0 Å². The van der Waals surface area contributed by atoms with Crippen molar-refractivity contribution in [2.24, 2.45) is 0 Å². The summed E-state index contributed by atoms with van der Waals surface area (Å²) in [6.07, 6.45) is 3.01. The van der Waals surface area contributed by atoms with Gasteiger partial charge in [-0.15, -0.1) is 0 Å². The molecule has 3 nitrogen and oxygen atoms in total. The molecule has 2 aromatic carbocycles. The molecule has 0 amide bonds. The second-order valence-corrected chi connectivity index (χ2v) is 8.39. The molecule has 2 aromatic rings. The highest BCUT2D eigenvalue weighted by Gasteiger charge is 2.26. The van der Waals surface area contributed by atoms with Crippen LogP contribution < -0.4 is 10.9 Å². The van der Waals surface area contributed by atoms with Gasteiger partial charge in [-0.05, 0) is 62.4 Å². The van der Waals surface area contributed by atoms with E-state index in [1.807, 2.05) is 16.7 Å². The molecule has 29 heavy (non-hydrogen) atoms. The molecular weight excluding hydrogens is 356 g/mol. The van der Waals surface area contributed by atoms with Crippen LogP contribution in [0.15, 0.2) is 35.1 Å². The predicted octanol–water partition coefficient (Wildman–Crippen LogP) is 5.91. The van der Waals surface area contributed by atoms with Crippen molar-refractivity contribution < 1.29 is 0 Å². The number of nitrogens with one attached hydrogen (secondary N) is 1. The van der Waals surface area contributed by atoms with E-state index < -0.39 is 0 Å². The van der Waals surface area contributed by atoms with Crippen molar-refractivity contribution in [2.45, 2.75) is 59.9 Å². The Labute approximate surface area is 172 Å². The summed E-state index contributed by atoms with van der Waals surface area (Å²) in [5.74, 6) is 0. The number of benzene rings is 2. The topological polar surface area (TPSA) is 37.8 Å². The van der Waals surface area contributed by atoms with Gasteiger partial charge in [-0.2, -0.15) is 0 Å². The van der Waals surface area contributed by atoms with Gasteiger partial charge in [0.25, 0.3) is 5.56 Å². The van der Waals surface area contributed by atoms with Gasteiger partial charge in [0, 0.05) is 22.5 Å². The van der Waals surface area contributed by atoms with Gasteiger partial charge in [0.05, 0.1) is 16.6 Å². The van der Waals surface area contributed by atoms with E-state index in [1.54, 1.807) is 0 Å². The molecule has 0 radical (unpaired) electrons. The van der Waals surface area contributed by atoms with Crippen LogP contribution in [0, 0.1) is 20.8 Å². The Hall–Kier alpha value is -2.81. The maximum Gasteiger partial charge on any atom is 0.259 e. The minimum atomic E-state index is 0.119. The number of rotatable bonds is 5. The molecule has 0 aromatic heterocycles. The van der Waals surface area contributed by atoms with Crippen molar-refractivity contribution in [1.29, 1.82) is 0 Å². The van der Waals surface area contributed by atoms with Crippen molar-refractivity contribution >= 4 is 17.5 Å². The normalized spacial score (nSPS) is 12.9. The van der Waals surface area contributed by atoms with Crippen LogP contribution in [-0.4, -0.2) is 9.55 Å². The zero-order valence-electron chi connectivity index (χ0n) is 18.1. The Kier molecular flexibility index (Phi) is 4.85. The molecule has 4 rings (SSSR count). The fraction of sp³-hybridized carbons (Fsp3) is 0.346. The summed E-state index contributed by atoms with van der Waals surface area (Å²) in [4.78, 5) is 16.9. The first-order valence-electron chi connectivity index (χ1n) is 10.6. The smallest absolute Gasteiger partial charge is 0.259 e. The van der Waals surface area contributed by atoms with Crippen LogP contribution in [0.2, 0.25) is 0 Å². The Morgan fingerprint density at radius 2 is 1.72 bits per heavy atom. The molecule has 0 bridgehead atoms. The Bertz CT molecular complexity index is 1250. The summed E-state index contributed by atoms with van der Waals surface area (Å²) in [7, 11) is 0. The fourth-order valence-electron chi connectivity index (χ4n) is 5.06. The Morgan fingerprint density at radius 3 is 2.34 bits per heavy atom. The predicted molar refractivity (Wildman–Crippen MR) is 124 cm³/mol. The minimum Gasteiger partial charge on any atom is -0.355 e. The third kappa shape index (κ3) is 3.00. The van der Waals surface area contributed by atoms with E-state index in [1.165, 1.54) is 22.3 Å². The highest BCUT2D eigenvalue weighted by molar-refractivity contribution is 6.03. The quantitative estimate of drug-likeness (QED) is 0.455. The van der Waals surface area contributed by atoms with Gasteiger partial charge in [0.1, 0.15) is 0 Å². The molecule has 1 N–H and O–H groups in total. The third-order valence-corrected chi connectivity index (χ3v) is 6.17. The molecule has 1 unspecified atom stereocenters. The lowest BCUT2D eigenvalue weighted by atomic mass is 9.90. The highest BCUT2D eigenvalue weighted by atomic mass is 16.1. The van der Waals surface area contributed by atoms with Crippen LogP contribution in [-0.2, 0) is 0 Å². The van der Waals surface area contributed by atoms with Gasteiger partial charge >= 0.3 is 0 Å². The van der Waals surface area contributed by atoms with E-state index in [0.717, 1.165) is 52.3 Å². The second kappa shape index (κ2) is 7.22. The highest BCUT2D eigenvalue weighted by Crippen LogP contribution is 2.40. The molecule has 0 saturated carbocycles. The van der Waals surface area contributed by atoms with E-state index in [4.69, 9.17) is 0 Å². The molecule has 0 spiro atoms. The van der Waals surface area contributed by atoms with E-state index in [2.05, 4.69) is 64.4 Å². The zero-order valence-corrected chi connectivity index (χ0v) is 18.1. The van der Waals surface area contributed by atoms with E-state index in [-0.39, 0.29) is 11.6 Å². The van der Waals surface area contributed by atoms with Crippen molar-refractivity contribution in [3.05, 3.63) is 62.7 Å². The first-order valence-corrected chi connectivity index (χ1v) is 10.6. The van der Waals surface area contributed by atoms with Gasteiger partial charge in [-0.3, -0.25) is 4.79 Å². The summed E-state index contributed by atoms with van der Waals surface area (Å²) in [5.41, 5.74) is 9.33. The number of H-pyrrole nitrogens is 1. The number of aryl methyl sites for hydroxylation is 3. The first kappa shape index (κ1) is 19.5. The number of pyridine rings is 1. The van der Waals surface area contributed by atoms with Gasteiger partial charge in [0.2, 0.25) is 0 Å². The number of hydrogen-bond donors (Lipinski definition) is 1. The van der Waals surface area contributed by atoms with Crippen molar-refractivity contribution in [3.8, 4) is 22.4 Å². The standard InChI is InChI=1S/C26H30N2O/c1-7-9-19(8-2)28-22-14-18(6)27-25-20(10-11-21(24(22)25)26(28)29)23-16(4)12-15(3)13-17(23)5/h10-14,19,27H,6-9H2,1-5H3. The number of aromatic nitrogens is 2. The van der Waals surface area contributed by atoms with E-state index in [0.29, 0.717) is 0 Å². The SMILES string of the molecule is C=c1cc2n(C(CC)CCC)c(=O)c3ccc(-c4c(C)cc(C)cc4C)c([nH]1)c3-2. The van der Waals surface area contributed by atoms with E-state index in [9.17, 15) is 4.79 Å². The molecule has 150 valence electrons. The fourth-order valence-corrected chi connectivity index (χ4v) is 5.06. The van der Waals surface area contributed by atoms with Crippen LogP contribution in [0.25, 0.3) is 39.9 Å². The number of aromatic amines is 1. The first-order chi connectivity index (χ1) is 13.9. The van der Waals surface area contributed by atoms with Crippen molar-refractivity contribution in [2.75, 3.05) is 0 Å². The minimum absolute atomic E-state index is 0.119. The van der Waals surface area contributed by atoms with Crippen LogP contribution in [0.5, 0.6) is 0 Å². The molecule has 2 heterocycles. The van der Waals surface area contributed by atoms with Crippen LogP contribution in [0.3, 0.4) is 0 Å². The van der Waals surface area contributed by atoms with Crippen molar-refractivity contribution in [1.82, 2.24) is 9.55 Å². The lowest BCUT2D eigenvalue weighted by molar-refractivity contribution is 0.445. The molecule has 2 aliphatic heterocycles. The molecule has 1 atom stereocenters. The summed E-state index contributed by atoms with van der Waals surface area (Å²) >= 11 is 0. The largest absolute Gasteiger partial charge is 0.355 e. The number of nitrogens with zero attached hydrogens (tertiary/aromatic N) is 1. The lowest BCUT2D eigenvalue weighted by Crippen LogP contribution is -2.21. The van der Waals surface area contributed by atoms with Crippen LogP contribution in [0.1, 0.15) is 55.8 Å². The van der Waals surface area contributed by atoms with Crippen LogP contribution in [0.4, 0.5) is 0 Å². The molecule has 0 saturated heterocycles. The van der Waals surface area contributed by atoms with Gasteiger partial charge < -0.3 is 9.55 Å². The molecule has 0 fully saturated rings. The maximum absolute atomic E-state index is 13.4. The van der Waals surface area contributed by atoms with E-state index >= 15 is 0 Å². The average Bonchev–Trinajstić information content (AvgIpc) is 2.93. The average molecular weight is 387 g/mol. The maximum atomic E-state index is 13.4.